The van der Waals surface area contributed by atoms with Gasteiger partial charge in [-0.1, -0.05) is 12.1 Å². The number of aliphatic hydroxyl groups is 2. The van der Waals surface area contributed by atoms with Gasteiger partial charge in [0.25, 0.3) is 0 Å². The van der Waals surface area contributed by atoms with Crippen LogP contribution >= 0.6 is 0 Å². The molecule has 0 saturated carbocycles. The van der Waals surface area contributed by atoms with E-state index in [1.54, 1.807) is 0 Å². The van der Waals surface area contributed by atoms with Crippen LogP contribution in [0.2, 0.25) is 0 Å². The number of carbonyl (C=O) groups is 1. The summed E-state index contributed by atoms with van der Waals surface area (Å²) in [6, 6.07) is 23.9. The molecule has 2 aliphatic rings. The van der Waals surface area contributed by atoms with E-state index >= 15 is 0 Å². The summed E-state index contributed by atoms with van der Waals surface area (Å²) in [5.74, 6) is 3.38. The van der Waals surface area contributed by atoms with Crippen LogP contribution in [0.1, 0.15) is 80.8 Å². The molecule has 5 N–H and O–H groups in total. The number of nitrogens with zero attached hydrogens (tertiary/aromatic N) is 4. The summed E-state index contributed by atoms with van der Waals surface area (Å²) in [7, 11) is 0. The number of amides is 1. The Balaban J connectivity index is 0.000000185. The maximum atomic E-state index is 11.6. The van der Waals surface area contributed by atoms with Crippen LogP contribution in [0.15, 0.2) is 81.6 Å². The van der Waals surface area contributed by atoms with E-state index in [2.05, 4.69) is 37.8 Å². The number of aryl methyl sites for hydroxylation is 4. The third-order valence-electron chi connectivity index (χ3n) is 11.2. The number of fused-ring (bicyclic) bond motifs is 2. The standard InChI is InChI=1S/C25H29N3O4.C23H27N3O3/c1-15(2)31-22-8-7-19(11-16(22)3)23-27-28-24(32-23)20-6-5-18-9-10-25(14-29,26-17(4)30)13-21(18)12-20;1-14(2)28-20-7-6-17(10-15(20)3)21-25-26-22(29-21)18-5-4-16-8-9-23(24,13-27)12-19(16)11-18/h5-8,11-12,15,29H,9-10,13-14H2,1-4H3,(H,26,30);4-7,10-11,14,27H,8-9,12-13,24H2,1-3H3. The highest BCUT2D eigenvalue weighted by atomic mass is 16.5. The van der Waals surface area contributed by atoms with E-state index in [0.717, 1.165) is 75.3 Å². The Morgan fingerprint density at radius 3 is 1.49 bits per heavy atom. The van der Waals surface area contributed by atoms with Crippen LogP contribution in [0.25, 0.3) is 45.8 Å². The summed E-state index contributed by atoms with van der Waals surface area (Å²) in [5.41, 5.74) is 15.2. The van der Waals surface area contributed by atoms with Gasteiger partial charge in [-0.05, 0) is 174 Å². The SMILES string of the molecule is CC(=O)NC1(CO)CCc2ccc(-c3nnc(-c4ccc(OC(C)C)c(C)c4)o3)cc2C1.Cc1cc(-c2nnc(-c3ccc4c(c3)CC(N)(CO)CC4)o2)ccc1OC(C)C. The molecule has 13 nitrogen and oxygen atoms in total. The third-order valence-corrected chi connectivity index (χ3v) is 11.2. The van der Waals surface area contributed by atoms with Crippen molar-refractivity contribution in [2.45, 2.75) is 110 Å². The van der Waals surface area contributed by atoms with Gasteiger partial charge in [-0.3, -0.25) is 4.79 Å². The van der Waals surface area contributed by atoms with Crippen molar-refractivity contribution in [1.82, 2.24) is 25.7 Å². The lowest BCUT2D eigenvalue weighted by atomic mass is 9.78. The fourth-order valence-corrected chi connectivity index (χ4v) is 8.05. The van der Waals surface area contributed by atoms with Crippen molar-refractivity contribution < 1.29 is 33.3 Å². The Morgan fingerprint density at radius 2 is 1.08 bits per heavy atom. The number of ether oxygens (including phenoxy) is 2. The Labute approximate surface area is 356 Å². The molecule has 13 heteroatoms. The smallest absolute Gasteiger partial charge is 0.248 e. The second-order valence-electron chi connectivity index (χ2n) is 17.1. The first-order valence-corrected chi connectivity index (χ1v) is 20.9. The summed E-state index contributed by atoms with van der Waals surface area (Å²) < 4.78 is 23.5. The molecule has 2 heterocycles. The molecule has 0 spiro atoms. The largest absolute Gasteiger partial charge is 0.491 e. The minimum absolute atomic E-state index is 0.0166. The van der Waals surface area contributed by atoms with Crippen LogP contribution in [0.4, 0.5) is 0 Å². The highest BCUT2D eigenvalue weighted by Crippen LogP contribution is 2.35. The molecule has 1 amide bonds. The average molecular weight is 829 g/mol. The number of aromatic nitrogens is 4. The van der Waals surface area contributed by atoms with Crippen LogP contribution in [0, 0.1) is 13.8 Å². The molecule has 2 unspecified atom stereocenters. The van der Waals surface area contributed by atoms with Crippen LogP contribution < -0.4 is 20.5 Å². The molecular formula is C48H56N6O7. The second-order valence-corrected chi connectivity index (χ2v) is 17.1. The molecule has 0 aliphatic heterocycles. The number of benzene rings is 4. The van der Waals surface area contributed by atoms with Gasteiger partial charge in [0.05, 0.1) is 31.0 Å². The van der Waals surface area contributed by atoms with Gasteiger partial charge in [0, 0.05) is 34.7 Å². The zero-order valence-electron chi connectivity index (χ0n) is 36.0. The normalized spacial score (nSPS) is 18.2. The Kier molecular flexibility index (Phi) is 12.7. The van der Waals surface area contributed by atoms with Crippen molar-refractivity contribution in [2.75, 3.05) is 13.2 Å². The minimum atomic E-state index is -0.630. The lowest BCUT2D eigenvalue weighted by Crippen LogP contribution is -2.54. The van der Waals surface area contributed by atoms with Crippen LogP contribution in [0.3, 0.4) is 0 Å². The first-order valence-electron chi connectivity index (χ1n) is 20.9. The van der Waals surface area contributed by atoms with Crippen molar-refractivity contribution in [3.8, 4) is 57.3 Å². The molecule has 2 aromatic heterocycles. The van der Waals surface area contributed by atoms with Gasteiger partial charge in [0.15, 0.2) is 0 Å². The van der Waals surface area contributed by atoms with Crippen molar-refractivity contribution >= 4 is 5.91 Å². The first kappa shape index (κ1) is 43.2. The fourth-order valence-electron chi connectivity index (χ4n) is 8.05. The van der Waals surface area contributed by atoms with Gasteiger partial charge in [0.2, 0.25) is 29.5 Å². The van der Waals surface area contributed by atoms with E-state index < -0.39 is 11.1 Å². The number of nitrogens with one attached hydrogen (secondary N) is 1. The van der Waals surface area contributed by atoms with Gasteiger partial charge in [-0.25, -0.2) is 0 Å². The second kappa shape index (κ2) is 18.0. The van der Waals surface area contributed by atoms with E-state index in [1.807, 2.05) is 102 Å². The molecule has 0 fully saturated rings. The average Bonchev–Trinajstić information content (AvgIpc) is 3.93. The molecular weight excluding hydrogens is 773 g/mol. The van der Waals surface area contributed by atoms with Gasteiger partial charge in [0.1, 0.15) is 11.5 Å². The zero-order chi connectivity index (χ0) is 43.5. The zero-order valence-corrected chi connectivity index (χ0v) is 36.0. The predicted octanol–water partition coefficient (Wildman–Crippen LogP) is 7.53. The molecule has 61 heavy (non-hydrogen) atoms. The number of carbonyl (C=O) groups excluding carboxylic acids is 1. The summed E-state index contributed by atoms with van der Waals surface area (Å²) in [6.07, 6.45) is 4.58. The van der Waals surface area contributed by atoms with E-state index in [9.17, 15) is 15.0 Å². The van der Waals surface area contributed by atoms with Gasteiger partial charge >= 0.3 is 0 Å². The fraction of sp³-hybridized carbons (Fsp3) is 0.396. The maximum absolute atomic E-state index is 11.6. The summed E-state index contributed by atoms with van der Waals surface area (Å²) in [5, 5.41) is 39.5. The topological polar surface area (TPSA) is 192 Å². The highest BCUT2D eigenvalue weighted by Gasteiger charge is 2.35. The highest BCUT2D eigenvalue weighted by molar-refractivity contribution is 5.74. The van der Waals surface area contributed by atoms with Crippen LogP contribution in [-0.4, -0.2) is 73.0 Å². The van der Waals surface area contributed by atoms with Crippen molar-refractivity contribution in [1.29, 1.82) is 0 Å². The predicted molar refractivity (Wildman–Crippen MR) is 233 cm³/mol. The van der Waals surface area contributed by atoms with Crippen molar-refractivity contribution in [3.05, 3.63) is 106 Å². The molecule has 2 atom stereocenters. The lowest BCUT2D eigenvalue weighted by Gasteiger charge is -2.37. The van der Waals surface area contributed by atoms with E-state index in [1.165, 1.54) is 18.1 Å². The van der Waals surface area contributed by atoms with Crippen LogP contribution in [0.5, 0.6) is 11.5 Å². The van der Waals surface area contributed by atoms with Gasteiger partial charge in [-0.2, -0.15) is 0 Å². The number of aliphatic hydroxyl groups excluding tert-OH is 2. The first-order chi connectivity index (χ1) is 29.1. The third kappa shape index (κ3) is 10.0. The Hall–Kier alpha value is -5.89. The molecule has 8 rings (SSSR count). The summed E-state index contributed by atoms with van der Waals surface area (Å²) >= 11 is 0. The number of rotatable bonds is 11. The number of hydrogen-bond donors (Lipinski definition) is 4. The molecule has 4 aromatic carbocycles. The van der Waals surface area contributed by atoms with E-state index in [4.69, 9.17) is 24.0 Å². The summed E-state index contributed by atoms with van der Waals surface area (Å²) in [6.45, 7) is 13.4. The number of hydrogen-bond acceptors (Lipinski definition) is 12. The van der Waals surface area contributed by atoms with Gasteiger partial charge in [-0.15, -0.1) is 20.4 Å². The minimum Gasteiger partial charge on any atom is -0.491 e. The Morgan fingerprint density at radius 1 is 0.656 bits per heavy atom. The van der Waals surface area contributed by atoms with Gasteiger partial charge < -0.3 is 39.6 Å². The molecule has 0 radical (unpaired) electrons. The molecule has 320 valence electrons. The van der Waals surface area contributed by atoms with E-state index in [0.29, 0.717) is 42.8 Å². The molecule has 6 aromatic rings. The quantitative estimate of drug-likeness (QED) is 0.101. The van der Waals surface area contributed by atoms with E-state index in [-0.39, 0.29) is 31.3 Å². The lowest BCUT2D eigenvalue weighted by molar-refractivity contribution is -0.121. The molecule has 2 aliphatic carbocycles. The number of nitrogens with two attached hydrogens (primary N) is 1. The Bertz CT molecular complexity index is 2510. The monoisotopic (exact) mass is 828 g/mol. The molecule has 0 bridgehead atoms. The van der Waals surface area contributed by atoms with Crippen molar-refractivity contribution in [3.63, 3.8) is 0 Å². The summed E-state index contributed by atoms with van der Waals surface area (Å²) in [4.78, 5) is 11.6. The van der Waals surface area contributed by atoms with Crippen LogP contribution in [-0.2, 0) is 30.5 Å². The maximum Gasteiger partial charge on any atom is 0.248 e. The van der Waals surface area contributed by atoms with Crippen molar-refractivity contribution in [2.24, 2.45) is 5.73 Å². The molecule has 0 saturated heterocycles.